The summed E-state index contributed by atoms with van der Waals surface area (Å²) in [6.45, 7) is 0. The van der Waals surface area contributed by atoms with Crippen LogP contribution in [-0.4, -0.2) is 15.0 Å². The van der Waals surface area contributed by atoms with Crippen molar-refractivity contribution in [2.45, 2.75) is 6.42 Å². The lowest BCUT2D eigenvalue weighted by Crippen LogP contribution is -1.93. The molecule has 0 saturated heterocycles. The van der Waals surface area contributed by atoms with Crippen LogP contribution in [0.25, 0.3) is 11.0 Å². The number of benzene rings is 2. The van der Waals surface area contributed by atoms with Crippen LogP contribution in [0.2, 0.25) is 5.02 Å². The zero-order valence-corrected chi connectivity index (χ0v) is 14.7. The molecular formula is C14H12Br2ClN3. The third kappa shape index (κ3) is 2.90. The Kier molecular flexibility index (Phi) is 4.83. The normalized spacial score (nSPS) is 10.6. The molecule has 0 amide bonds. The average Bonchev–Trinajstić information content (AvgIpc) is 2.77. The predicted octanol–water partition coefficient (Wildman–Crippen LogP) is 4.55. The van der Waals surface area contributed by atoms with Gasteiger partial charge in [-0.05, 0) is 29.8 Å². The van der Waals surface area contributed by atoms with Gasteiger partial charge in [-0.3, -0.25) is 0 Å². The maximum Gasteiger partial charge on any atom is 0.117 e. The topological polar surface area (TPSA) is 30.7 Å². The lowest BCUT2D eigenvalue weighted by Gasteiger charge is -2.06. The molecule has 0 unspecified atom stereocenters. The van der Waals surface area contributed by atoms with Crippen LogP contribution < -0.4 is 0 Å². The molecule has 2 aromatic carbocycles. The Hall–Kier alpha value is -0.910. The van der Waals surface area contributed by atoms with Crippen molar-refractivity contribution in [3.05, 3.63) is 57.0 Å². The van der Waals surface area contributed by atoms with Crippen LogP contribution in [0.1, 0.15) is 11.1 Å². The van der Waals surface area contributed by atoms with E-state index in [-0.39, 0.29) is 17.0 Å². The Balaban J connectivity index is 0.00000147. The molecule has 6 heteroatoms. The summed E-state index contributed by atoms with van der Waals surface area (Å²) in [5.74, 6) is 0. The molecule has 3 aromatic rings. The molecule has 1 aromatic heterocycles. The molecule has 0 radical (unpaired) electrons. The van der Waals surface area contributed by atoms with Gasteiger partial charge in [-0.15, -0.1) is 22.1 Å². The van der Waals surface area contributed by atoms with Crippen LogP contribution in [0, 0.1) is 0 Å². The molecule has 0 bridgehead atoms. The van der Waals surface area contributed by atoms with Crippen molar-refractivity contribution >= 4 is 55.5 Å². The molecule has 3 rings (SSSR count). The van der Waals surface area contributed by atoms with E-state index in [2.05, 4.69) is 26.2 Å². The first-order valence-electron chi connectivity index (χ1n) is 5.86. The number of hydrogen-bond acceptors (Lipinski definition) is 2. The van der Waals surface area contributed by atoms with E-state index < -0.39 is 0 Å². The Bertz CT molecular complexity index is 738. The van der Waals surface area contributed by atoms with Gasteiger partial charge < -0.3 is 0 Å². The molecule has 0 fully saturated rings. The van der Waals surface area contributed by atoms with E-state index in [1.807, 2.05) is 43.4 Å². The first-order valence-corrected chi connectivity index (χ1v) is 7.03. The summed E-state index contributed by atoms with van der Waals surface area (Å²) in [5.41, 5.74) is 4.31. The lowest BCUT2D eigenvalue weighted by molar-refractivity contribution is 0.736. The quantitative estimate of drug-likeness (QED) is 0.612. The van der Waals surface area contributed by atoms with Crippen LogP contribution in [0.3, 0.4) is 0 Å². The molecular weight excluding hydrogens is 405 g/mol. The van der Waals surface area contributed by atoms with E-state index in [1.165, 1.54) is 5.56 Å². The molecule has 0 spiro atoms. The average molecular weight is 418 g/mol. The summed E-state index contributed by atoms with van der Waals surface area (Å²) in [6, 6.07) is 11.9. The van der Waals surface area contributed by atoms with Crippen molar-refractivity contribution in [1.29, 1.82) is 0 Å². The SMILES string of the molecule is Br.Cn1nnc2c(Cc3ccc(Cl)cc3)c(Br)ccc21. The highest BCUT2D eigenvalue weighted by atomic mass is 79.9. The standard InChI is InChI=1S/C14H11BrClN3.BrH/c1-19-13-7-6-12(15)11(14(13)17-18-19)8-9-2-4-10(16)5-3-9;/h2-7H,8H2,1H3;1H. The van der Waals surface area contributed by atoms with Gasteiger partial charge in [0.15, 0.2) is 0 Å². The van der Waals surface area contributed by atoms with Crippen LogP contribution in [0.4, 0.5) is 0 Å². The Morgan fingerprint density at radius 2 is 1.85 bits per heavy atom. The highest BCUT2D eigenvalue weighted by molar-refractivity contribution is 9.10. The van der Waals surface area contributed by atoms with Gasteiger partial charge in [0, 0.05) is 28.5 Å². The lowest BCUT2D eigenvalue weighted by atomic mass is 10.0. The minimum absolute atomic E-state index is 0. The molecule has 104 valence electrons. The minimum atomic E-state index is 0. The van der Waals surface area contributed by atoms with Crippen molar-refractivity contribution in [2.24, 2.45) is 7.05 Å². The van der Waals surface area contributed by atoms with E-state index in [0.29, 0.717) is 0 Å². The summed E-state index contributed by atoms with van der Waals surface area (Å²) >= 11 is 9.50. The van der Waals surface area contributed by atoms with E-state index in [1.54, 1.807) is 4.68 Å². The number of fused-ring (bicyclic) bond motifs is 1. The second-order valence-corrected chi connectivity index (χ2v) is 5.70. The molecule has 0 aliphatic carbocycles. The van der Waals surface area contributed by atoms with Gasteiger partial charge in [0.2, 0.25) is 0 Å². The highest BCUT2D eigenvalue weighted by Gasteiger charge is 2.11. The number of hydrogen-bond donors (Lipinski definition) is 0. The summed E-state index contributed by atoms with van der Waals surface area (Å²) in [6.07, 6.45) is 0.799. The van der Waals surface area contributed by atoms with Gasteiger partial charge in [0.1, 0.15) is 5.52 Å². The van der Waals surface area contributed by atoms with Gasteiger partial charge in [-0.2, -0.15) is 0 Å². The summed E-state index contributed by atoms with van der Waals surface area (Å²) in [7, 11) is 1.90. The summed E-state index contributed by atoms with van der Waals surface area (Å²) < 4.78 is 2.84. The summed E-state index contributed by atoms with van der Waals surface area (Å²) in [5, 5.41) is 9.08. The number of halogens is 3. The second kappa shape index (κ2) is 6.24. The minimum Gasteiger partial charge on any atom is -0.248 e. The fourth-order valence-electron chi connectivity index (χ4n) is 2.11. The van der Waals surface area contributed by atoms with Crippen molar-refractivity contribution in [3.8, 4) is 0 Å². The van der Waals surface area contributed by atoms with Crippen LogP contribution >= 0.6 is 44.5 Å². The molecule has 0 aliphatic rings. The fourth-order valence-corrected chi connectivity index (χ4v) is 2.69. The smallest absolute Gasteiger partial charge is 0.117 e. The first kappa shape index (κ1) is 15.5. The van der Waals surface area contributed by atoms with Crippen molar-refractivity contribution < 1.29 is 0 Å². The zero-order valence-electron chi connectivity index (χ0n) is 10.7. The van der Waals surface area contributed by atoms with Gasteiger partial charge in [-0.1, -0.05) is 44.9 Å². The van der Waals surface area contributed by atoms with Crippen molar-refractivity contribution in [3.63, 3.8) is 0 Å². The second-order valence-electron chi connectivity index (χ2n) is 4.41. The Morgan fingerprint density at radius 1 is 1.15 bits per heavy atom. The number of aryl methyl sites for hydroxylation is 1. The van der Waals surface area contributed by atoms with E-state index in [9.17, 15) is 0 Å². The van der Waals surface area contributed by atoms with E-state index in [4.69, 9.17) is 11.6 Å². The van der Waals surface area contributed by atoms with Crippen LogP contribution in [0.15, 0.2) is 40.9 Å². The maximum atomic E-state index is 5.91. The van der Waals surface area contributed by atoms with Crippen LogP contribution in [0.5, 0.6) is 0 Å². The van der Waals surface area contributed by atoms with Crippen molar-refractivity contribution in [1.82, 2.24) is 15.0 Å². The molecule has 3 nitrogen and oxygen atoms in total. The molecule has 0 aliphatic heterocycles. The van der Waals surface area contributed by atoms with Crippen molar-refractivity contribution in [2.75, 3.05) is 0 Å². The largest absolute Gasteiger partial charge is 0.248 e. The molecule has 20 heavy (non-hydrogen) atoms. The molecule has 0 N–H and O–H groups in total. The number of aromatic nitrogens is 3. The van der Waals surface area contributed by atoms with Gasteiger partial charge in [0.25, 0.3) is 0 Å². The third-order valence-electron chi connectivity index (χ3n) is 3.13. The van der Waals surface area contributed by atoms with Gasteiger partial charge in [-0.25, -0.2) is 4.68 Å². The summed E-state index contributed by atoms with van der Waals surface area (Å²) in [4.78, 5) is 0. The first-order chi connectivity index (χ1) is 9.15. The third-order valence-corrected chi connectivity index (χ3v) is 4.12. The number of rotatable bonds is 2. The van der Waals surface area contributed by atoms with Gasteiger partial charge >= 0.3 is 0 Å². The fraction of sp³-hybridized carbons (Fsp3) is 0.143. The molecule has 0 saturated carbocycles. The highest BCUT2D eigenvalue weighted by Crippen LogP contribution is 2.27. The zero-order chi connectivity index (χ0) is 13.4. The van der Waals surface area contributed by atoms with E-state index >= 15 is 0 Å². The number of nitrogens with zero attached hydrogens (tertiary/aromatic N) is 3. The van der Waals surface area contributed by atoms with Gasteiger partial charge in [0.05, 0.1) is 5.52 Å². The Labute approximate surface area is 140 Å². The molecule has 0 atom stereocenters. The van der Waals surface area contributed by atoms with Crippen LogP contribution in [-0.2, 0) is 13.5 Å². The Morgan fingerprint density at radius 3 is 2.55 bits per heavy atom. The predicted molar refractivity (Wildman–Crippen MR) is 90.8 cm³/mol. The maximum absolute atomic E-state index is 5.91. The monoisotopic (exact) mass is 415 g/mol. The van der Waals surface area contributed by atoms with E-state index in [0.717, 1.165) is 32.5 Å². The molecule has 1 heterocycles.